The van der Waals surface area contributed by atoms with Crippen LogP contribution in [0.1, 0.15) is 51.9 Å². The molecule has 2 aliphatic rings. The molecule has 94 valence electrons. The van der Waals surface area contributed by atoms with Crippen molar-refractivity contribution in [3.05, 3.63) is 0 Å². The molecule has 2 fully saturated rings. The molecule has 1 aliphatic heterocycles. The Labute approximate surface area is 101 Å². The Morgan fingerprint density at radius 1 is 1.06 bits per heavy atom. The summed E-state index contributed by atoms with van der Waals surface area (Å²) in [6.07, 6.45) is 10.2. The van der Waals surface area contributed by atoms with Gasteiger partial charge >= 0.3 is 0 Å². The van der Waals surface area contributed by atoms with Crippen molar-refractivity contribution in [3.8, 4) is 0 Å². The minimum Gasteiger partial charge on any atom is -0.314 e. The van der Waals surface area contributed by atoms with Gasteiger partial charge in [-0.15, -0.1) is 0 Å². The first-order valence-corrected chi connectivity index (χ1v) is 7.35. The maximum Gasteiger partial charge on any atom is 0.0345 e. The first-order chi connectivity index (χ1) is 7.90. The zero-order chi connectivity index (χ0) is 11.2. The topological polar surface area (TPSA) is 15.3 Å². The van der Waals surface area contributed by atoms with E-state index in [1.54, 1.807) is 0 Å². The maximum absolute atomic E-state index is 3.40. The summed E-state index contributed by atoms with van der Waals surface area (Å²) in [6, 6.07) is 0.851. The molecule has 0 spiro atoms. The van der Waals surface area contributed by atoms with Gasteiger partial charge in [0.15, 0.2) is 0 Å². The van der Waals surface area contributed by atoms with Gasteiger partial charge in [0.2, 0.25) is 0 Å². The Bertz CT molecular complexity index is 183. The lowest BCUT2D eigenvalue weighted by molar-refractivity contribution is 0.132. The summed E-state index contributed by atoms with van der Waals surface area (Å²) < 4.78 is 0. The van der Waals surface area contributed by atoms with Crippen LogP contribution in [0.2, 0.25) is 0 Å². The van der Waals surface area contributed by atoms with Crippen LogP contribution < -0.4 is 5.32 Å². The Morgan fingerprint density at radius 3 is 2.38 bits per heavy atom. The zero-order valence-corrected chi connectivity index (χ0v) is 10.9. The van der Waals surface area contributed by atoms with Gasteiger partial charge in [-0.3, -0.25) is 4.90 Å². The molecule has 1 saturated heterocycles. The highest BCUT2D eigenvalue weighted by Gasteiger charge is 2.24. The average Bonchev–Trinajstić information content (AvgIpc) is 2.25. The lowest BCUT2D eigenvalue weighted by Gasteiger charge is -2.39. The third kappa shape index (κ3) is 3.46. The van der Waals surface area contributed by atoms with Crippen molar-refractivity contribution in [3.63, 3.8) is 0 Å². The molecule has 0 aromatic rings. The third-order valence-electron chi connectivity index (χ3n) is 4.34. The fraction of sp³-hybridized carbons (Fsp3) is 1.00. The number of nitrogens with one attached hydrogen (secondary N) is 1. The van der Waals surface area contributed by atoms with E-state index in [-0.39, 0.29) is 0 Å². The smallest absolute Gasteiger partial charge is 0.0345 e. The summed E-state index contributed by atoms with van der Waals surface area (Å²) in [6.45, 7) is 7.42. The lowest BCUT2D eigenvalue weighted by atomic mass is 9.87. The van der Waals surface area contributed by atoms with Crippen LogP contribution in [0.4, 0.5) is 0 Å². The highest BCUT2D eigenvalue weighted by atomic mass is 15.2. The number of nitrogens with zero attached hydrogens (tertiary/aromatic N) is 1. The summed E-state index contributed by atoms with van der Waals surface area (Å²) in [5.41, 5.74) is 0. The molecular formula is C14H28N2. The van der Waals surface area contributed by atoms with Crippen LogP contribution in [-0.4, -0.2) is 37.1 Å². The molecule has 0 aromatic heterocycles. The first kappa shape index (κ1) is 12.4. The molecule has 0 unspecified atom stereocenters. The largest absolute Gasteiger partial charge is 0.314 e. The van der Waals surface area contributed by atoms with E-state index in [2.05, 4.69) is 17.1 Å². The van der Waals surface area contributed by atoms with Gasteiger partial charge in [-0.1, -0.05) is 39.0 Å². The minimum atomic E-state index is 0.851. The molecule has 1 heterocycles. The molecule has 16 heavy (non-hydrogen) atoms. The van der Waals surface area contributed by atoms with Crippen molar-refractivity contribution in [1.82, 2.24) is 10.2 Å². The number of hydrogen-bond acceptors (Lipinski definition) is 2. The SMILES string of the molecule is CCCN(CCC1CCCCC1)C1CNC1. The molecule has 0 aromatic carbocycles. The standard InChI is InChI=1S/C14H28N2/c1-2-9-16(14-11-15-12-14)10-8-13-6-4-3-5-7-13/h13-15H,2-12H2,1H3. The van der Waals surface area contributed by atoms with Crippen molar-refractivity contribution in [1.29, 1.82) is 0 Å². The van der Waals surface area contributed by atoms with Crippen molar-refractivity contribution in [2.24, 2.45) is 5.92 Å². The first-order valence-electron chi connectivity index (χ1n) is 7.35. The second-order valence-corrected chi connectivity index (χ2v) is 5.64. The van der Waals surface area contributed by atoms with Crippen LogP contribution in [0, 0.1) is 5.92 Å². The predicted molar refractivity (Wildman–Crippen MR) is 69.7 cm³/mol. The fourth-order valence-corrected chi connectivity index (χ4v) is 3.12. The van der Waals surface area contributed by atoms with Crippen LogP contribution in [0.5, 0.6) is 0 Å². The maximum atomic E-state index is 3.40. The van der Waals surface area contributed by atoms with Gasteiger partial charge in [0.05, 0.1) is 0 Å². The van der Waals surface area contributed by atoms with Crippen molar-refractivity contribution >= 4 is 0 Å². The molecular weight excluding hydrogens is 196 g/mol. The fourth-order valence-electron chi connectivity index (χ4n) is 3.12. The average molecular weight is 224 g/mol. The van der Waals surface area contributed by atoms with E-state index >= 15 is 0 Å². The Kier molecular flexibility index (Phi) is 5.11. The zero-order valence-electron chi connectivity index (χ0n) is 10.9. The van der Waals surface area contributed by atoms with E-state index in [0.29, 0.717) is 0 Å². The third-order valence-corrected chi connectivity index (χ3v) is 4.34. The molecule has 0 atom stereocenters. The molecule has 2 rings (SSSR count). The molecule has 0 radical (unpaired) electrons. The minimum absolute atomic E-state index is 0.851. The van der Waals surface area contributed by atoms with Crippen LogP contribution in [-0.2, 0) is 0 Å². The molecule has 0 amide bonds. The molecule has 2 nitrogen and oxygen atoms in total. The van der Waals surface area contributed by atoms with E-state index in [0.717, 1.165) is 12.0 Å². The highest BCUT2D eigenvalue weighted by molar-refractivity contribution is 4.84. The van der Waals surface area contributed by atoms with E-state index < -0.39 is 0 Å². The summed E-state index contributed by atoms with van der Waals surface area (Å²) in [4.78, 5) is 2.73. The molecule has 1 aliphatic carbocycles. The van der Waals surface area contributed by atoms with Crippen molar-refractivity contribution in [2.75, 3.05) is 26.2 Å². The van der Waals surface area contributed by atoms with Crippen molar-refractivity contribution in [2.45, 2.75) is 57.9 Å². The van der Waals surface area contributed by atoms with Gasteiger partial charge in [0.1, 0.15) is 0 Å². The molecule has 1 saturated carbocycles. The molecule has 2 heteroatoms. The van der Waals surface area contributed by atoms with E-state index in [9.17, 15) is 0 Å². The van der Waals surface area contributed by atoms with E-state index in [1.807, 2.05) is 0 Å². The van der Waals surface area contributed by atoms with Crippen LogP contribution in [0.25, 0.3) is 0 Å². The highest BCUT2D eigenvalue weighted by Crippen LogP contribution is 2.26. The second kappa shape index (κ2) is 6.61. The van der Waals surface area contributed by atoms with Crippen LogP contribution >= 0.6 is 0 Å². The number of hydrogen-bond donors (Lipinski definition) is 1. The summed E-state index contributed by atoms with van der Waals surface area (Å²) >= 11 is 0. The lowest BCUT2D eigenvalue weighted by Crippen LogP contribution is -2.57. The van der Waals surface area contributed by atoms with Gasteiger partial charge in [-0.25, -0.2) is 0 Å². The van der Waals surface area contributed by atoms with Crippen LogP contribution in [0.3, 0.4) is 0 Å². The van der Waals surface area contributed by atoms with Gasteiger partial charge in [-0.05, 0) is 31.8 Å². The molecule has 0 bridgehead atoms. The van der Waals surface area contributed by atoms with E-state index in [1.165, 1.54) is 71.1 Å². The van der Waals surface area contributed by atoms with Gasteiger partial charge in [-0.2, -0.15) is 0 Å². The predicted octanol–water partition coefficient (Wildman–Crippen LogP) is 2.64. The Hall–Kier alpha value is -0.0800. The quantitative estimate of drug-likeness (QED) is 0.746. The number of rotatable bonds is 6. The summed E-state index contributed by atoms with van der Waals surface area (Å²) in [5.74, 6) is 1.04. The van der Waals surface area contributed by atoms with Crippen LogP contribution in [0.15, 0.2) is 0 Å². The normalized spacial score (nSPS) is 23.6. The summed E-state index contributed by atoms with van der Waals surface area (Å²) in [5, 5.41) is 3.40. The Morgan fingerprint density at radius 2 is 1.81 bits per heavy atom. The van der Waals surface area contributed by atoms with Crippen molar-refractivity contribution < 1.29 is 0 Å². The summed E-state index contributed by atoms with van der Waals surface area (Å²) in [7, 11) is 0. The molecule has 1 N–H and O–H groups in total. The second-order valence-electron chi connectivity index (χ2n) is 5.64. The van der Waals surface area contributed by atoms with E-state index in [4.69, 9.17) is 0 Å². The van der Waals surface area contributed by atoms with Gasteiger partial charge < -0.3 is 5.32 Å². The van der Waals surface area contributed by atoms with Gasteiger partial charge in [0.25, 0.3) is 0 Å². The monoisotopic (exact) mass is 224 g/mol. The Balaban J connectivity index is 1.67. The van der Waals surface area contributed by atoms with Gasteiger partial charge in [0, 0.05) is 19.1 Å².